The van der Waals surface area contributed by atoms with Crippen LogP contribution >= 0.6 is 31.9 Å². The lowest BCUT2D eigenvalue weighted by Gasteiger charge is -2.10. The van der Waals surface area contributed by atoms with Gasteiger partial charge in [0, 0.05) is 8.95 Å². The number of ether oxygens (including phenoxy) is 3. The molecule has 0 aliphatic rings. The molecule has 3 aromatic rings. The Morgan fingerprint density at radius 3 is 2.47 bits per heavy atom. The fourth-order valence-corrected chi connectivity index (χ4v) is 3.23. The van der Waals surface area contributed by atoms with E-state index in [1.54, 1.807) is 54.6 Å². The predicted molar refractivity (Wildman–Crippen MR) is 127 cm³/mol. The van der Waals surface area contributed by atoms with Crippen LogP contribution in [0.15, 0.2) is 80.8 Å². The zero-order chi connectivity index (χ0) is 22.9. The van der Waals surface area contributed by atoms with E-state index in [0.29, 0.717) is 27.1 Å². The van der Waals surface area contributed by atoms with Gasteiger partial charge in [0.25, 0.3) is 5.91 Å². The van der Waals surface area contributed by atoms with E-state index in [1.807, 2.05) is 12.1 Å². The molecule has 0 fully saturated rings. The summed E-state index contributed by atoms with van der Waals surface area (Å²) in [6, 6.07) is 19.0. The third-order valence-corrected chi connectivity index (χ3v) is 5.29. The molecule has 0 aliphatic heterocycles. The van der Waals surface area contributed by atoms with Crippen LogP contribution in [0.5, 0.6) is 17.2 Å². The van der Waals surface area contributed by atoms with E-state index < -0.39 is 11.9 Å². The van der Waals surface area contributed by atoms with Crippen LogP contribution in [0.25, 0.3) is 0 Å². The number of benzene rings is 3. The van der Waals surface area contributed by atoms with Crippen LogP contribution in [0.3, 0.4) is 0 Å². The van der Waals surface area contributed by atoms with Gasteiger partial charge in [-0.05, 0) is 76.1 Å². The fraction of sp³-hybridized carbons (Fsp3) is 0.0870. The summed E-state index contributed by atoms with van der Waals surface area (Å²) >= 11 is 6.66. The summed E-state index contributed by atoms with van der Waals surface area (Å²) in [4.78, 5) is 24.3. The number of rotatable bonds is 8. The van der Waals surface area contributed by atoms with E-state index in [-0.39, 0.29) is 12.4 Å². The van der Waals surface area contributed by atoms with Crippen LogP contribution in [-0.2, 0) is 4.79 Å². The number of nitrogens with zero attached hydrogens (tertiary/aromatic N) is 1. The molecule has 0 radical (unpaired) electrons. The van der Waals surface area contributed by atoms with Gasteiger partial charge in [-0.2, -0.15) is 5.10 Å². The van der Waals surface area contributed by atoms with E-state index in [0.717, 1.165) is 4.47 Å². The molecule has 9 heteroatoms. The molecule has 3 rings (SSSR count). The normalized spacial score (nSPS) is 10.6. The van der Waals surface area contributed by atoms with E-state index in [2.05, 4.69) is 42.4 Å². The molecule has 0 heterocycles. The zero-order valence-corrected chi connectivity index (χ0v) is 20.1. The highest BCUT2D eigenvalue weighted by atomic mass is 79.9. The minimum absolute atomic E-state index is 0.174. The third-order valence-electron chi connectivity index (χ3n) is 4.07. The molecule has 164 valence electrons. The third kappa shape index (κ3) is 6.66. The number of hydrogen-bond acceptors (Lipinski definition) is 6. The maximum absolute atomic E-state index is 12.4. The van der Waals surface area contributed by atoms with Crippen LogP contribution in [-0.4, -0.2) is 31.8 Å². The average Bonchev–Trinajstić information content (AvgIpc) is 2.79. The van der Waals surface area contributed by atoms with Crippen molar-refractivity contribution in [1.82, 2.24) is 5.43 Å². The van der Waals surface area contributed by atoms with Crippen molar-refractivity contribution in [2.24, 2.45) is 5.10 Å². The molecule has 1 amide bonds. The van der Waals surface area contributed by atoms with Crippen LogP contribution in [0.2, 0.25) is 0 Å². The van der Waals surface area contributed by atoms with Gasteiger partial charge in [-0.15, -0.1) is 0 Å². The summed E-state index contributed by atoms with van der Waals surface area (Å²) in [5.74, 6) is 0.256. The lowest BCUT2D eigenvalue weighted by atomic mass is 10.2. The monoisotopic (exact) mass is 560 g/mol. The van der Waals surface area contributed by atoms with Crippen molar-refractivity contribution in [3.8, 4) is 17.2 Å². The van der Waals surface area contributed by atoms with Crippen molar-refractivity contribution in [1.29, 1.82) is 0 Å². The fourth-order valence-electron chi connectivity index (χ4n) is 2.52. The number of carbonyl (C=O) groups excluding carboxylic acids is 2. The number of carbonyl (C=O) groups is 2. The van der Waals surface area contributed by atoms with Gasteiger partial charge in [0.05, 0.1) is 18.9 Å². The number of nitrogens with one attached hydrogen (secondary N) is 1. The van der Waals surface area contributed by atoms with Gasteiger partial charge in [0.15, 0.2) is 18.1 Å². The largest absolute Gasteiger partial charge is 0.493 e. The molecule has 0 saturated heterocycles. The number of esters is 1. The number of amides is 1. The van der Waals surface area contributed by atoms with Crippen molar-refractivity contribution in [2.45, 2.75) is 0 Å². The molecule has 3 aromatic carbocycles. The molecule has 0 saturated carbocycles. The minimum Gasteiger partial charge on any atom is -0.493 e. The Balaban J connectivity index is 1.57. The van der Waals surface area contributed by atoms with Crippen molar-refractivity contribution in [2.75, 3.05) is 13.7 Å². The highest BCUT2D eigenvalue weighted by Crippen LogP contribution is 2.29. The second-order valence-corrected chi connectivity index (χ2v) is 8.09. The van der Waals surface area contributed by atoms with E-state index in [1.165, 1.54) is 13.3 Å². The second kappa shape index (κ2) is 11.4. The maximum atomic E-state index is 12.4. The van der Waals surface area contributed by atoms with Crippen LogP contribution in [0, 0.1) is 0 Å². The van der Waals surface area contributed by atoms with Crippen LogP contribution < -0.4 is 19.6 Å². The summed E-state index contributed by atoms with van der Waals surface area (Å²) in [7, 11) is 1.47. The molecule has 0 spiro atoms. The summed E-state index contributed by atoms with van der Waals surface area (Å²) in [5, 5.41) is 3.91. The smallest absolute Gasteiger partial charge is 0.344 e. The molecule has 0 aromatic heterocycles. The van der Waals surface area contributed by atoms with E-state index in [4.69, 9.17) is 14.2 Å². The summed E-state index contributed by atoms with van der Waals surface area (Å²) in [6.07, 6.45) is 1.44. The first-order valence-corrected chi connectivity index (χ1v) is 10.9. The molecular formula is C23H18Br2N2O5. The van der Waals surface area contributed by atoms with Gasteiger partial charge in [0.1, 0.15) is 5.75 Å². The summed E-state index contributed by atoms with van der Waals surface area (Å²) in [6.45, 7) is -0.174. The Hall–Kier alpha value is -3.17. The Kier molecular flexibility index (Phi) is 8.41. The van der Waals surface area contributed by atoms with E-state index in [9.17, 15) is 9.59 Å². The summed E-state index contributed by atoms with van der Waals surface area (Å²) < 4.78 is 17.7. The second-order valence-electron chi connectivity index (χ2n) is 6.32. The van der Waals surface area contributed by atoms with Gasteiger partial charge >= 0.3 is 5.97 Å². The molecular weight excluding hydrogens is 544 g/mol. The van der Waals surface area contributed by atoms with Gasteiger partial charge < -0.3 is 14.2 Å². The van der Waals surface area contributed by atoms with Gasteiger partial charge in [-0.25, -0.2) is 10.2 Å². The zero-order valence-electron chi connectivity index (χ0n) is 16.9. The number of hydrogen-bond donors (Lipinski definition) is 1. The highest BCUT2D eigenvalue weighted by Gasteiger charge is 2.15. The van der Waals surface area contributed by atoms with Crippen molar-refractivity contribution >= 4 is 50.0 Å². The SMILES string of the molecule is COc1cc(C=NNC(=O)COc2ccc(Br)cc2)ccc1OC(=O)c1ccccc1Br. The van der Waals surface area contributed by atoms with Crippen molar-refractivity contribution < 1.29 is 23.8 Å². The Morgan fingerprint density at radius 1 is 1.00 bits per heavy atom. The molecule has 7 nitrogen and oxygen atoms in total. The first-order valence-electron chi connectivity index (χ1n) is 9.31. The predicted octanol–water partition coefficient (Wildman–Crippen LogP) is 4.97. The maximum Gasteiger partial charge on any atom is 0.344 e. The Morgan fingerprint density at radius 2 is 1.75 bits per heavy atom. The highest BCUT2D eigenvalue weighted by molar-refractivity contribution is 9.10. The molecule has 0 unspecified atom stereocenters. The quantitative estimate of drug-likeness (QED) is 0.182. The molecule has 1 N–H and O–H groups in total. The minimum atomic E-state index is -0.518. The molecule has 0 aliphatic carbocycles. The van der Waals surface area contributed by atoms with Crippen LogP contribution in [0.1, 0.15) is 15.9 Å². The molecule has 0 atom stereocenters. The lowest BCUT2D eigenvalue weighted by molar-refractivity contribution is -0.123. The average molecular weight is 562 g/mol. The standard InChI is InChI=1S/C23H18Br2N2O5/c1-30-21-12-15(6-11-20(21)32-23(29)18-4-2-3-5-19(18)25)13-26-27-22(28)14-31-17-9-7-16(24)8-10-17/h2-13H,14H2,1H3,(H,27,28). The first-order chi connectivity index (χ1) is 15.5. The molecule has 0 bridgehead atoms. The van der Waals surface area contributed by atoms with Crippen molar-refractivity contribution in [3.05, 3.63) is 86.8 Å². The number of hydrazone groups is 1. The van der Waals surface area contributed by atoms with Crippen molar-refractivity contribution in [3.63, 3.8) is 0 Å². The first kappa shape index (κ1) is 23.5. The van der Waals surface area contributed by atoms with Gasteiger partial charge in [0.2, 0.25) is 0 Å². The number of methoxy groups -OCH3 is 1. The Bertz CT molecular complexity index is 1130. The van der Waals surface area contributed by atoms with Crippen LogP contribution in [0.4, 0.5) is 0 Å². The van der Waals surface area contributed by atoms with Gasteiger partial charge in [-0.3, -0.25) is 4.79 Å². The molecule has 32 heavy (non-hydrogen) atoms. The topological polar surface area (TPSA) is 86.2 Å². The lowest BCUT2D eigenvalue weighted by Crippen LogP contribution is -2.24. The Labute approximate surface area is 201 Å². The van der Waals surface area contributed by atoms with E-state index >= 15 is 0 Å². The number of halogens is 2. The van der Waals surface area contributed by atoms with Gasteiger partial charge in [-0.1, -0.05) is 28.1 Å². The summed E-state index contributed by atoms with van der Waals surface area (Å²) in [5.41, 5.74) is 3.42.